The lowest BCUT2D eigenvalue weighted by Crippen LogP contribution is -2.36. The van der Waals surface area contributed by atoms with Gasteiger partial charge in [0.2, 0.25) is 0 Å². The number of benzene rings is 2. The molecule has 2 aromatic rings. The summed E-state index contributed by atoms with van der Waals surface area (Å²) >= 11 is 0. The standard InChI is InChI=1S/C24H33N3O5.HI/c1-6-25-24(26-15-18-8-10-21(30-4)20(14-18)23(28)31-5)27-16-19-9-7-17(2)13-22(19)32-12-11-29-3;/h7-10,13-14H,6,11-12,15-16H2,1-5H3,(H2,25,26,27);1H. The van der Waals surface area contributed by atoms with Crippen molar-refractivity contribution < 1.29 is 23.7 Å². The minimum atomic E-state index is -0.446. The quantitative estimate of drug-likeness (QED) is 0.140. The number of carbonyl (C=O) groups excluding carboxylic acids is 1. The minimum Gasteiger partial charge on any atom is -0.496 e. The van der Waals surface area contributed by atoms with Gasteiger partial charge in [0, 0.05) is 25.8 Å². The summed E-state index contributed by atoms with van der Waals surface area (Å²) in [6, 6.07) is 11.5. The largest absolute Gasteiger partial charge is 0.496 e. The van der Waals surface area contributed by atoms with Gasteiger partial charge in [-0.05, 0) is 43.2 Å². The Morgan fingerprint density at radius 2 is 1.79 bits per heavy atom. The summed E-state index contributed by atoms with van der Waals surface area (Å²) in [5.41, 5.74) is 3.39. The third-order valence-electron chi connectivity index (χ3n) is 4.65. The summed E-state index contributed by atoms with van der Waals surface area (Å²) in [6.45, 7) is 6.70. The zero-order chi connectivity index (χ0) is 23.3. The number of rotatable bonds is 11. The SMILES string of the molecule is CCNC(=NCc1ccc(OC)c(C(=O)OC)c1)NCc1ccc(C)cc1OCCOC.I. The third-order valence-corrected chi connectivity index (χ3v) is 4.65. The van der Waals surface area contributed by atoms with Crippen molar-refractivity contribution in [2.45, 2.75) is 26.9 Å². The molecule has 0 aliphatic carbocycles. The maximum Gasteiger partial charge on any atom is 0.341 e. The Bertz CT molecular complexity index is 921. The summed E-state index contributed by atoms with van der Waals surface area (Å²) in [7, 11) is 4.52. The van der Waals surface area contributed by atoms with Crippen molar-refractivity contribution in [1.82, 2.24) is 10.6 Å². The number of methoxy groups -OCH3 is 3. The number of aliphatic imine (C=N–C) groups is 1. The van der Waals surface area contributed by atoms with Crippen LogP contribution in [0.3, 0.4) is 0 Å². The van der Waals surface area contributed by atoms with Crippen LogP contribution in [0, 0.1) is 6.92 Å². The van der Waals surface area contributed by atoms with Crippen molar-refractivity contribution in [3.8, 4) is 11.5 Å². The lowest BCUT2D eigenvalue weighted by molar-refractivity contribution is 0.0597. The highest BCUT2D eigenvalue weighted by atomic mass is 127. The van der Waals surface area contributed by atoms with Crippen LogP contribution in [0.2, 0.25) is 0 Å². The molecular formula is C24H34IN3O5. The summed E-state index contributed by atoms with van der Waals surface area (Å²) in [5.74, 6) is 1.50. The third kappa shape index (κ3) is 9.09. The monoisotopic (exact) mass is 571 g/mol. The van der Waals surface area contributed by atoms with Crippen molar-refractivity contribution in [1.29, 1.82) is 0 Å². The number of esters is 1. The second kappa shape index (κ2) is 15.3. The number of carbonyl (C=O) groups is 1. The summed E-state index contributed by atoms with van der Waals surface area (Å²) in [4.78, 5) is 16.7. The van der Waals surface area contributed by atoms with Gasteiger partial charge in [-0.3, -0.25) is 0 Å². The lowest BCUT2D eigenvalue weighted by atomic mass is 10.1. The van der Waals surface area contributed by atoms with Gasteiger partial charge in [-0.15, -0.1) is 24.0 Å². The Balaban J connectivity index is 0.00000544. The van der Waals surface area contributed by atoms with Crippen LogP contribution in [0.4, 0.5) is 0 Å². The Morgan fingerprint density at radius 1 is 1.00 bits per heavy atom. The first kappa shape index (κ1) is 28.5. The van der Waals surface area contributed by atoms with Gasteiger partial charge in [0.1, 0.15) is 23.7 Å². The average Bonchev–Trinajstić information content (AvgIpc) is 2.81. The summed E-state index contributed by atoms with van der Waals surface area (Å²) in [6.07, 6.45) is 0. The molecule has 2 N–H and O–H groups in total. The van der Waals surface area contributed by atoms with Crippen molar-refractivity contribution in [3.05, 3.63) is 58.7 Å². The van der Waals surface area contributed by atoms with Gasteiger partial charge in [0.15, 0.2) is 5.96 Å². The van der Waals surface area contributed by atoms with E-state index in [9.17, 15) is 4.79 Å². The fourth-order valence-electron chi connectivity index (χ4n) is 2.99. The predicted octanol–water partition coefficient (Wildman–Crippen LogP) is 3.69. The molecule has 0 radical (unpaired) electrons. The second-order valence-corrected chi connectivity index (χ2v) is 7.03. The van der Waals surface area contributed by atoms with Gasteiger partial charge in [-0.1, -0.05) is 18.2 Å². The smallest absolute Gasteiger partial charge is 0.341 e. The van der Waals surface area contributed by atoms with Crippen LogP contribution in [0.25, 0.3) is 0 Å². The van der Waals surface area contributed by atoms with E-state index in [1.807, 2.05) is 32.0 Å². The Labute approximate surface area is 213 Å². The van der Waals surface area contributed by atoms with E-state index < -0.39 is 5.97 Å². The normalized spacial score (nSPS) is 10.8. The number of nitrogens with zero attached hydrogens (tertiary/aromatic N) is 1. The van der Waals surface area contributed by atoms with Crippen LogP contribution in [0.5, 0.6) is 11.5 Å². The van der Waals surface area contributed by atoms with Crippen molar-refractivity contribution >= 4 is 35.9 Å². The summed E-state index contributed by atoms with van der Waals surface area (Å²) < 4.78 is 21.0. The highest BCUT2D eigenvalue weighted by Gasteiger charge is 2.13. The molecule has 0 spiro atoms. The van der Waals surface area contributed by atoms with Gasteiger partial charge < -0.3 is 29.6 Å². The van der Waals surface area contributed by atoms with E-state index in [0.29, 0.717) is 50.1 Å². The van der Waals surface area contributed by atoms with Gasteiger partial charge in [-0.25, -0.2) is 9.79 Å². The van der Waals surface area contributed by atoms with Gasteiger partial charge in [0.25, 0.3) is 0 Å². The fraction of sp³-hybridized carbons (Fsp3) is 0.417. The van der Waals surface area contributed by atoms with E-state index >= 15 is 0 Å². The van der Waals surface area contributed by atoms with Crippen LogP contribution in [-0.4, -0.2) is 53.0 Å². The zero-order valence-electron chi connectivity index (χ0n) is 19.9. The highest BCUT2D eigenvalue weighted by Crippen LogP contribution is 2.22. The number of ether oxygens (including phenoxy) is 4. The molecule has 0 aliphatic rings. The van der Waals surface area contributed by atoms with Crippen molar-refractivity contribution in [2.75, 3.05) is 41.1 Å². The molecular weight excluding hydrogens is 537 g/mol. The number of halogens is 1. The Hall–Kier alpha value is -2.53. The maximum absolute atomic E-state index is 12.0. The first-order valence-electron chi connectivity index (χ1n) is 10.5. The number of nitrogens with one attached hydrogen (secondary N) is 2. The molecule has 2 aromatic carbocycles. The first-order chi connectivity index (χ1) is 15.5. The number of hydrogen-bond donors (Lipinski definition) is 2. The van der Waals surface area contributed by atoms with Crippen LogP contribution < -0.4 is 20.1 Å². The van der Waals surface area contributed by atoms with Crippen LogP contribution >= 0.6 is 24.0 Å². The molecule has 0 fully saturated rings. The molecule has 0 saturated carbocycles. The van der Waals surface area contributed by atoms with E-state index in [1.165, 1.54) is 14.2 Å². The molecule has 0 heterocycles. The Kier molecular flexibility index (Phi) is 13.2. The molecule has 9 heteroatoms. The van der Waals surface area contributed by atoms with Crippen LogP contribution in [-0.2, 0) is 22.6 Å². The summed E-state index contributed by atoms with van der Waals surface area (Å²) in [5, 5.41) is 6.58. The van der Waals surface area contributed by atoms with Crippen molar-refractivity contribution in [3.63, 3.8) is 0 Å². The van der Waals surface area contributed by atoms with E-state index in [-0.39, 0.29) is 24.0 Å². The predicted molar refractivity (Wildman–Crippen MR) is 140 cm³/mol. The molecule has 0 aromatic heterocycles. The molecule has 2 rings (SSSR count). The van der Waals surface area contributed by atoms with E-state index in [0.717, 1.165) is 22.4 Å². The molecule has 182 valence electrons. The van der Waals surface area contributed by atoms with Crippen LogP contribution in [0.1, 0.15) is 34.0 Å². The van der Waals surface area contributed by atoms with E-state index in [2.05, 4.69) is 21.7 Å². The maximum atomic E-state index is 12.0. The topological polar surface area (TPSA) is 90.4 Å². The number of aryl methyl sites for hydroxylation is 1. The molecule has 0 unspecified atom stereocenters. The zero-order valence-corrected chi connectivity index (χ0v) is 22.2. The molecule has 0 amide bonds. The average molecular weight is 571 g/mol. The number of hydrogen-bond acceptors (Lipinski definition) is 6. The molecule has 0 saturated heterocycles. The van der Waals surface area contributed by atoms with Gasteiger partial charge in [0.05, 0.1) is 27.4 Å². The highest BCUT2D eigenvalue weighted by molar-refractivity contribution is 14.0. The second-order valence-electron chi connectivity index (χ2n) is 7.03. The molecule has 0 aliphatic heterocycles. The van der Waals surface area contributed by atoms with Crippen molar-refractivity contribution in [2.24, 2.45) is 4.99 Å². The molecule has 0 bridgehead atoms. The van der Waals surface area contributed by atoms with E-state index in [4.69, 9.17) is 18.9 Å². The van der Waals surface area contributed by atoms with E-state index in [1.54, 1.807) is 19.2 Å². The van der Waals surface area contributed by atoms with Crippen LogP contribution in [0.15, 0.2) is 41.4 Å². The molecule has 8 nitrogen and oxygen atoms in total. The number of guanidine groups is 1. The van der Waals surface area contributed by atoms with Gasteiger partial charge in [-0.2, -0.15) is 0 Å². The first-order valence-corrected chi connectivity index (χ1v) is 10.5. The molecule has 0 atom stereocenters. The lowest BCUT2D eigenvalue weighted by Gasteiger charge is -2.15. The fourth-order valence-corrected chi connectivity index (χ4v) is 2.99. The Morgan fingerprint density at radius 3 is 2.45 bits per heavy atom. The minimum absolute atomic E-state index is 0. The molecule has 33 heavy (non-hydrogen) atoms. The van der Waals surface area contributed by atoms with Gasteiger partial charge >= 0.3 is 5.97 Å².